The number of fused-ring (bicyclic) bond motifs is 1. The Labute approximate surface area is 106 Å². The Morgan fingerprint density at radius 2 is 2.33 bits per heavy atom. The van der Waals surface area contributed by atoms with E-state index in [0.717, 1.165) is 0 Å². The Morgan fingerprint density at radius 3 is 3.11 bits per heavy atom. The summed E-state index contributed by atoms with van der Waals surface area (Å²) in [6, 6.07) is 7.30. The van der Waals surface area contributed by atoms with E-state index in [0.29, 0.717) is 30.9 Å². The highest BCUT2D eigenvalue weighted by molar-refractivity contribution is 5.67. The van der Waals surface area contributed by atoms with Gasteiger partial charge in [-0.2, -0.15) is 0 Å². The van der Waals surface area contributed by atoms with Crippen LogP contribution in [0.4, 0.5) is 4.79 Å². The van der Waals surface area contributed by atoms with Crippen LogP contribution in [0, 0.1) is 0 Å². The first kappa shape index (κ1) is 12.7. The maximum atomic E-state index is 11.3. The lowest BCUT2D eigenvalue weighted by molar-refractivity contribution is -0.00233. The van der Waals surface area contributed by atoms with Crippen molar-refractivity contribution >= 4 is 6.09 Å². The number of hydrogen-bond acceptors (Lipinski definition) is 4. The predicted octanol–water partition coefficient (Wildman–Crippen LogP) is 1.40. The molecule has 2 N–H and O–H groups in total. The topological polar surface area (TPSA) is 67.8 Å². The van der Waals surface area contributed by atoms with E-state index >= 15 is 0 Å². The molecule has 1 amide bonds. The zero-order valence-electron chi connectivity index (χ0n) is 10.3. The second-order valence-corrected chi connectivity index (χ2v) is 4.20. The molecule has 0 fully saturated rings. The second-order valence-electron chi connectivity index (χ2n) is 4.20. The Bertz CT molecular complexity index is 435. The zero-order chi connectivity index (χ0) is 13.0. The maximum Gasteiger partial charge on any atom is 0.407 e. The minimum atomic E-state index is -1.10. The van der Waals surface area contributed by atoms with Crippen molar-refractivity contribution in [1.82, 2.24) is 5.32 Å². The first-order chi connectivity index (χ1) is 8.65. The fourth-order valence-electron chi connectivity index (χ4n) is 2.03. The minimum absolute atomic E-state index is 0.117. The lowest BCUT2D eigenvalue weighted by Gasteiger charge is -2.34. The van der Waals surface area contributed by atoms with Gasteiger partial charge in [-0.1, -0.05) is 18.2 Å². The Kier molecular flexibility index (Phi) is 3.72. The summed E-state index contributed by atoms with van der Waals surface area (Å²) in [6.07, 6.45) is -0.0777. The minimum Gasteiger partial charge on any atom is -0.493 e. The van der Waals surface area contributed by atoms with E-state index in [1.165, 1.54) is 0 Å². The Balaban J connectivity index is 2.10. The number of hydrogen-bond donors (Lipinski definition) is 2. The molecule has 1 aliphatic rings. The monoisotopic (exact) mass is 251 g/mol. The van der Waals surface area contributed by atoms with Crippen LogP contribution in [-0.2, 0) is 10.3 Å². The summed E-state index contributed by atoms with van der Waals surface area (Å²) < 4.78 is 10.2. The summed E-state index contributed by atoms with van der Waals surface area (Å²) in [5, 5.41) is 13.2. The van der Waals surface area contributed by atoms with Crippen molar-refractivity contribution in [2.75, 3.05) is 19.8 Å². The van der Waals surface area contributed by atoms with Gasteiger partial charge in [-0.15, -0.1) is 0 Å². The van der Waals surface area contributed by atoms with Crippen LogP contribution < -0.4 is 10.1 Å². The standard InChI is InChI=1S/C13H17NO4/c1-2-17-12(15)14-9-13(16)7-8-18-11-6-4-3-5-10(11)13/h3-6,16H,2,7-9H2,1H3,(H,14,15)/t13-/m1/s1. The molecule has 5 heteroatoms. The highest BCUT2D eigenvalue weighted by Gasteiger charge is 2.35. The van der Waals surface area contributed by atoms with Gasteiger partial charge in [0.1, 0.15) is 11.4 Å². The van der Waals surface area contributed by atoms with Gasteiger partial charge in [0.15, 0.2) is 0 Å². The molecule has 0 aromatic heterocycles. The number of carbonyl (C=O) groups excluding carboxylic acids is 1. The molecular weight excluding hydrogens is 234 g/mol. The van der Waals surface area contributed by atoms with Gasteiger partial charge in [0.25, 0.3) is 0 Å². The number of benzene rings is 1. The normalized spacial score (nSPS) is 21.7. The molecule has 98 valence electrons. The van der Waals surface area contributed by atoms with Crippen LogP contribution in [0.1, 0.15) is 18.9 Å². The summed E-state index contributed by atoms with van der Waals surface area (Å²) >= 11 is 0. The van der Waals surface area contributed by atoms with Gasteiger partial charge >= 0.3 is 6.09 Å². The quantitative estimate of drug-likeness (QED) is 0.852. The van der Waals surface area contributed by atoms with Gasteiger partial charge in [0, 0.05) is 12.0 Å². The molecule has 0 radical (unpaired) electrons. The first-order valence-corrected chi connectivity index (χ1v) is 6.01. The van der Waals surface area contributed by atoms with E-state index in [1.807, 2.05) is 18.2 Å². The number of ether oxygens (including phenoxy) is 2. The number of alkyl carbamates (subject to hydrolysis) is 1. The highest BCUT2D eigenvalue weighted by atomic mass is 16.5. The third-order valence-corrected chi connectivity index (χ3v) is 2.96. The molecule has 1 aromatic carbocycles. The van der Waals surface area contributed by atoms with Crippen molar-refractivity contribution < 1.29 is 19.4 Å². The molecule has 0 saturated carbocycles. The van der Waals surface area contributed by atoms with Gasteiger partial charge in [-0.25, -0.2) is 4.79 Å². The van der Waals surface area contributed by atoms with Crippen molar-refractivity contribution in [2.45, 2.75) is 18.9 Å². The van der Waals surface area contributed by atoms with Gasteiger partial charge in [0.05, 0.1) is 19.8 Å². The molecule has 0 spiro atoms. The lowest BCUT2D eigenvalue weighted by Crippen LogP contribution is -2.44. The number of para-hydroxylation sites is 1. The molecule has 1 aromatic rings. The van der Waals surface area contributed by atoms with Crippen LogP contribution in [0.25, 0.3) is 0 Å². The van der Waals surface area contributed by atoms with E-state index in [2.05, 4.69) is 5.32 Å². The van der Waals surface area contributed by atoms with E-state index in [9.17, 15) is 9.90 Å². The zero-order valence-corrected chi connectivity index (χ0v) is 10.3. The number of carbonyl (C=O) groups is 1. The molecule has 1 atom stereocenters. The smallest absolute Gasteiger partial charge is 0.407 e. The molecule has 0 unspecified atom stereocenters. The van der Waals surface area contributed by atoms with Gasteiger partial charge < -0.3 is 19.9 Å². The molecule has 0 bridgehead atoms. The number of amides is 1. The Hall–Kier alpha value is -1.75. The van der Waals surface area contributed by atoms with Crippen molar-refractivity contribution in [3.05, 3.63) is 29.8 Å². The second kappa shape index (κ2) is 5.27. The summed E-state index contributed by atoms with van der Waals surface area (Å²) in [7, 11) is 0. The number of rotatable bonds is 3. The summed E-state index contributed by atoms with van der Waals surface area (Å²) in [5.41, 5.74) is -0.394. The molecule has 0 saturated heterocycles. The van der Waals surface area contributed by atoms with Crippen molar-refractivity contribution in [3.8, 4) is 5.75 Å². The van der Waals surface area contributed by atoms with Crippen molar-refractivity contribution in [3.63, 3.8) is 0 Å². The number of nitrogens with one attached hydrogen (secondary N) is 1. The van der Waals surface area contributed by atoms with Crippen molar-refractivity contribution in [1.29, 1.82) is 0 Å². The fraction of sp³-hybridized carbons (Fsp3) is 0.462. The summed E-state index contributed by atoms with van der Waals surface area (Å²) in [6.45, 7) is 2.59. The number of aliphatic hydroxyl groups is 1. The fourth-order valence-corrected chi connectivity index (χ4v) is 2.03. The largest absolute Gasteiger partial charge is 0.493 e. The average molecular weight is 251 g/mol. The van der Waals surface area contributed by atoms with Gasteiger partial charge in [-0.3, -0.25) is 0 Å². The molecule has 0 aliphatic carbocycles. The van der Waals surface area contributed by atoms with Crippen LogP contribution in [0.5, 0.6) is 5.75 Å². The maximum absolute atomic E-state index is 11.3. The Morgan fingerprint density at radius 1 is 1.56 bits per heavy atom. The van der Waals surface area contributed by atoms with E-state index in [4.69, 9.17) is 9.47 Å². The highest BCUT2D eigenvalue weighted by Crippen LogP contribution is 2.36. The molecule has 5 nitrogen and oxygen atoms in total. The van der Waals surface area contributed by atoms with Crippen LogP contribution in [0.15, 0.2) is 24.3 Å². The van der Waals surface area contributed by atoms with Gasteiger partial charge in [-0.05, 0) is 13.0 Å². The van der Waals surface area contributed by atoms with E-state index < -0.39 is 11.7 Å². The third-order valence-electron chi connectivity index (χ3n) is 2.96. The molecule has 1 aliphatic heterocycles. The van der Waals surface area contributed by atoms with Crippen LogP contribution in [0.2, 0.25) is 0 Å². The molecular formula is C13H17NO4. The molecule has 18 heavy (non-hydrogen) atoms. The summed E-state index contributed by atoms with van der Waals surface area (Å²) in [4.78, 5) is 11.3. The lowest BCUT2D eigenvalue weighted by atomic mass is 9.88. The first-order valence-electron chi connectivity index (χ1n) is 6.01. The van der Waals surface area contributed by atoms with Gasteiger partial charge in [0.2, 0.25) is 0 Å². The van der Waals surface area contributed by atoms with E-state index in [1.54, 1.807) is 13.0 Å². The van der Waals surface area contributed by atoms with Crippen molar-refractivity contribution in [2.24, 2.45) is 0 Å². The summed E-state index contributed by atoms with van der Waals surface area (Å²) in [5.74, 6) is 0.664. The molecule has 1 heterocycles. The molecule has 2 rings (SSSR count). The average Bonchev–Trinajstić information content (AvgIpc) is 2.38. The SMILES string of the molecule is CCOC(=O)NC[C@]1(O)CCOc2ccccc21. The third kappa shape index (κ3) is 2.56. The van der Waals surface area contributed by atoms with E-state index in [-0.39, 0.29) is 6.54 Å². The van der Waals surface area contributed by atoms with Crippen LogP contribution >= 0.6 is 0 Å². The van der Waals surface area contributed by atoms with Crippen LogP contribution in [-0.4, -0.2) is 31.0 Å². The predicted molar refractivity (Wildman–Crippen MR) is 65.5 cm³/mol. The van der Waals surface area contributed by atoms with Crippen LogP contribution in [0.3, 0.4) is 0 Å².